The fourth-order valence-corrected chi connectivity index (χ4v) is 6.12. The molecule has 1 amide bonds. The van der Waals surface area contributed by atoms with Gasteiger partial charge in [-0.3, -0.25) is 4.79 Å². The van der Waals surface area contributed by atoms with Gasteiger partial charge in [0.15, 0.2) is 9.84 Å². The standard InChI is InChI=1S/C29H29Cl2NO4S2/c1-28(2,20-12-22(31)16-24(14-20)36-5)19-11-21(30)15-23(13-19)32-27(33)26-10-17-9-18(7-8-25(17)37-26)29(3,4)38(6,34)35/h7-16H,1-6H3,(H,32,33). The fourth-order valence-electron chi connectivity index (χ4n) is 4.17. The quantitative estimate of drug-likeness (QED) is 0.236. The Morgan fingerprint density at radius 3 is 2.13 bits per heavy atom. The minimum absolute atomic E-state index is 0.273. The molecule has 9 heteroatoms. The SMILES string of the molecule is COc1cc(Cl)cc(C(C)(C)c2cc(Cl)cc(NC(=O)c3cc4cc(C(C)(C)S(C)(=O)=O)ccc4s3)c2)c1. The number of thiophene rings is 1. The van der Waals surface area contributed by atoms with Crippen molar-refractivity contribution in [3.8, 4) is 5.75 Å². The smallest absolute Gasteiger partial charge is 0.265 e. The van der Waals surface area contributed by atoms with Crippen LogP contribution in [-0.2, 0) is 20.0 Å². The largest absolute Gasteiger partial charge is 0.497 e. The van der Waals surface area contributed by atoms with E-state index >= 15 is 0 Å². The van der Waals surface area contributed by atoms with Crippen molar-refractivity contribution in [2.45, 2.75) is 37.9 Å². The Hall–Kier alpha value is -2.58. The molecule has 0 aliphatic rings. The molecule has 0 aliphatic heterocycles. The molecule has 4 rings (SSSR count). The second-order valence-electron chi connectivity index (χ2n) is 10.3. The van der Waals surface area contributed by atoms with Crippen LogP contribution in [0.4, 0.5) is 5.69 Å². The van der Waals surface area contributed by atoms with Crippen molar-refractivity contribution in [1.82, 2.24) is 0 Å². The number of ether oxygens (including phenoxy) is 1. The van der Waals surface area contributed by atoms with Crippen molar-refractivity contribution in [3.05, 3.63) is 92.3 Å². The topological polar surface area (TPSA) is 72.5 Å². The van der Waals surface area contributed by atoms with Gasteiger partial charge < -0.3 is 10.1 Å². The van der Waals surface area contributed by atoms with E-state index in [2.05, 4.69) is 19.2 Å². The average molecular weight is 591 g/mol. The van der Waals surface area contributed by atoms with Gasteiger partial charge in [-0.1, -0.05) is 43.1 Å². The summed E-state index contributed by atoms with van der Waals surface area (Å²) in [6, 6.07) is 18.3. The lowest BCUT2D eigenvalue weighted by molar-refractivity contribution is 0.103. The number of hydrogen-bond acceptors (Lipinski definition) is 5. The van der Waals surface area contributed by atoms with Crippen LogP contribution in [-0.4, -0.2) is 27.7 Å². The van der Waals surface area contributed by atoms with Crippen molar-refractivity contribution in [2.24, 2.45) is 0 Å². The van der Waals surface area contributed by atoms with E-state index in [4.69, 9.17) is 27.9 Å². The molecule has 0 saturated carbocycles. The maximum atomic E-state index is 13.2. The number of carbonyl (C=O) groups excluding carboxylic acids is 1. The Balaban J connectivity index is 1.64. The number of carbonyl (C=O) groups is 1. The highest BCUT2D eigenvalue weighted by Crippen LogP contribution is 2.38. The minimum Gasteiger partial charge on any atom is -0.497 e. The van der Waals surface area contributed by atoms with Gasteiger partial charge in [0.1, 0.15) is 5.75 Å². The summed E-state index contributed by atoms with van der Waals surface area (Å²) >= 11 is 14.1. The lowest BCUT2D eigenvalue weighted by Gasteiger charge is -2.27. The summed E-state index contributed by atoms with van der Waals surface area (Å²) in [7, 11) is -1.73. The Morgan fingerprint density at radius 2 is 1.50 bits per heavy atom. The van der Waals surface area contributed by atoms with Crippen LogP contribution < -0.4 is 10.1 Å². The summed E-state index contributed by atoms with van der Waals surface area (Å²) in [5.41, 5.74) is 2.60. The number of benzene rings is 3. The van der Waals surface area contributed by atoms with Gasteiger partial charge in [0.05, 0.1) is 16.7 Å². The minimum atomic E-state index is -3.32. The molecule has 3 aromatic carbocycles. The second kappa shape index (κ2) is 10.2. The number of fused-ring (bicyclic) bond motifs is 1. The summed E-state index contributed by atoms with van der Waals surface area (Å²) in [5, 5.41) is 4.84. The molecule has 0 saturated heterocycles. The van der Waals surface area contributed by atoms with Crippen molar-refractivity contribution in [1.29, 1.82) is 0 Å². The van der Waals surface area contributed by atoms with E-state index < -0.39 is 20.0 Å². The molecule has 0 fully saturated rings. The maximum Gasteiger partial charge on any atom is 0.265 e. The molecule has 1 N–H and O–H groups in total. The Morgan fingerprint density at radius 1 is 0.868 bits per heavy atom. The van der Waals surface area contributed by atoms with Gasteiger partial charge in [-0.2, -0.15) is 0 Å². The lowest BCUT2D eigenvalue weighted by Crippen LogP contribution is -2.27. The van der Waals surface area contributed by atoms with Gasteiger partial charge >= 0.3 is 0 Å². The molecule has 4 aromatic rings. The van der Waals surface area contributed by atoms with Gasteiger partial charge in [-0.25, -0.2) is 8.42 Å². The summed E-state index contributed by atoms with van der Waals surface area (Å²) in [6.45, 7) is 7.47. The molecule has 0 aliphatic carbocycles. The lowest BCUT2D eigenvalue weighted by atomic mass is 9.78. The predicted octanol–water partition coefficient (Wildman–Crippen LogP) is 8.07. The third kappa shape index (κ3) is 5.57. The van der Waals surface area contributed by atoms with Crippen molar-refractivity contribution >= 4 is 66.1 Å². The van der Waals surface area contributed by atoms with Crippen LogP contribution in [0.5, 0.6) is 5.75 Å². The van der Waals surface area contributed by atoms with Crippen LogP contribution in [0.15, 0.2) is 60.7 Å². The zero-order valence-electron chi connectivity index (χ0n) is 22.0. The predicted molar refractivity (Wildman–Crippen MR) is 159 cm³/mol. The Bertz CT molecular complexity index is 1660. The molecule has 0 unspecified atom stereocenters. The molecule has 38 heavy (non-hydrogen) atoms. The number of amides is 1. The number of methoxy groups -OCH3 is 1. The maximum absolute atomic E-state index is 13.2. The third-order valence-electron chi connectivity index (χ3n) is 7.07. The summed E-state index contributed by atoms with van der Waals surface area (Å²) in [6.07, 6.45) is 1.23. The van der Waals surface area contributed by atoms with Gasteiger partial charge in [0.2, 0.25) is 0 Å². The van der Waals surface area contributed by atoms with Crippen molar-refractivity contribution < 1.29 is 17.9 Å². The van der Waals surface area contributed by atoms with E-state index in [0.717, 1.165) is 21.2 Å². The molecule has 5 nitrogen and oxygen atoms in total. The van der Waals surface area contributed by atoms with Crippen LogP contribution in [0, 0.1) is 0 Å². The van der Waals surface area contributed by atoms with E-state index in [1.165, 1.54) is 17.6 Å². The van der Waals surface area contributed by atoms with Crippen molar-refractivity contribution in [2.75, 3.05) is 18.7 Å². The molecule has 200 valence electrons. The molecule has 1 aromatic heterocycles. The van der Waals surface area contributed by atoms with E-state index in [0.29, 0.717) is 31.9 Å². The van der Waals surface area contributed by atoms with Gasteiger partial charge in [0, 0.05) is 32.1 Å². The first kappa shape index (κ1) is 28.4. The first-order chi connectivity index (χ1) is 17.6. The molecular weight excluding hydrogens is 561 g/mol. The average Bonchev–Trinajstić information content (AvgIpc) is 3.26. The van der Waals surface area contributed by atoms with Crippen LogP contribution in [0.25, 0.3) is 10.1 Å². The van der Waals surface area contributed by atoms with Gasteiger partial charge in [-0.15, -0.1) is 11.3 Å². The number of rotatable bonds is 7. The number of hydrogen-bond donors (Lipinski definition) is 1. The molecule has 0 atom stereocenters. The zero-order valence-corrected chi connectivity index (χ0v) is 25.1. The van der Waals surface area contributed by atoms with Crippen LogP contribution in [0.2, 0.25) is 10.0 Å². The highest BCUT2D eigenvalue weighted by atomic mass is 35.5. The number of nitrogens with one attached hydrogen (secondary N) is 1. The highest BCUT2D eigenvalue weighted by Gasteiger charge is 2.32. The molecule has 0 spiro atoms. The molecular formula is C29H29Cl2NO4S2. The van der Waals surface area contributed by atoms with Gasteiger partial charge in [-0.05, 0) is 90.5 Å². The van der Waals surface area contributed by atoms with E-state index in [-0.39, 0.29) is 5.91 Å². The Labute approximate surface area is 237 Å². The Kier molecular flexibility index (Phi) is 7.62. The monoisotopic (exact) mass is 589 g/mol. The van der Waals surface area contributed by atoms with Crippen LogP contribution in [0.1, 0.15) is 54.1 Å². The first-order valence-electron chi connectivity index (χ1n) is 11.8. The number of sulfone groups is 1. The van der Waals surface area contributed by atoms with E-state index in [9.17, 15) is 13.2 Å². The van der Waals surface area contributed by atoms with E-state index in [1.54, 1.807) is 45.2 Å². The van der Waals surface area contributed by atoms with Crippen molar-refractivity contribution in [3.63, 3.8) is 0 Å². The second-order valence-corrected chi connectivity index (χ2v) is 14.9. The van der Waals surface area contributed by atoms with Crippen LogP contribution in [0.3, 0.4) is 0 Å². The number of halogens is 2. The van der Waals surface area contributed by atoms with E-state index in [1.807, 2.05) is 36.4 Å². The summed E-state index contributed by atoms with van der Waals surface area (Å²) in [5.74, 6) is 0.384. The fraction of sp³-hybridized carbons (Fsp3) is 0.276. The van der Waals surface area contributed by atoms with Crippen LogP contribution >= 0.6 is 34.5 Å². The summed E-state index contributed by atoms with van der Waals surface area (Å²) in [4.78, 5) is 13.7. The summed E-state index contributed by atoms with van der Waals surface area (Å²) < 4.78 is 29.8. The third-order valence-corrected chi connectivity index (χ3v) is 10.7. The number of anilines is 1. The molecule has 0 bridgehead atoms. The normalized spacial score (nSPS) is 12.5. The first-order valence-corrected chi connectivity index (χ1v) is 15.3. The molecule has 1 heterocycles. The molecule has 0 radical (unpaired) electrons. The zero-order chi connectivity index (χ0) is 28.0. The van der Waals surface area contributed by atoms with Gasteiger partial charge in [0.25, 0.3) is 5.91 Å². The highest BCUT2D eigenvalue weighted by molar-refractivity contribution is 7.91.